The van der Waals surface area contributed by atoms with E-state index in [1.165, 1.54) is 25.8 Å². The second-order valence-corrected chi connectivity index (χ2v) is 7.24. The van der Waals surface area contributed by atoms with Crippen molar-refractivity contribution in [1.29, 1.82) is 0 Å². The summed E-state index contributed by atoms with van der Waals surface area (Å²) in [5.41, 5.74) is 1.37. The summed E-state index contributed by atoms with van der Waals surface area (Å²) < 4.78 is 0. The van der Waals surface area contributed by atoms with Crippen molar-refractivity contribution in [3.8, 4) is 0 Å². The Morgan fingerprint density at radius 1 is 1.17 bits per heavy atom. The van der Waals surface area contributed by atoms with Crippen LogP contribution < -0.4 is 5.32 Å². The van der Waals surface area contributed by atoms with Crippen molar-refractivity contribution in [2.75, 3.05) is 46.3 Å². The van der Waals surface area contributed by atoms with Crippen LogP contribution in [-0.2, 0) is 0 Å². The van der Waals surface area contributed by atoms with Gasteiger partial charge in [0.2, 0.25) is 0 Å². The number of nitrogens with zero attached hydrogens (tertiary/aromatic N) is 2. The summed E-state index contributed by atoms with van der Waals surface area (Å²) in [5.74, 6) is 0. The van der Waals surface area contributed by atoms with Crippen molar-refractivity contribution in [2.45, 2.75) is 37.3 Å². The van der Waals surface area contributed by atoms with E-state index in [1.54, 1.807) is 0 Å². The SMILES string of the molecule is CN1CCCN(CC[C@H](O)c2ccccc2)CC12CCNCC2. The number of rotatable bonds is 4. The highest BCUT2D eigenvalue weighted by atomic mass is 16.3. The fraction of sp³-hybridized carbons (Fsp3) is 0.684. The maximum atomic E-state index is 10.4. The lowest BCUT2D eigenvalue weighted by molar-refractivity contribution is 0.0596. The maximum absolute atomic E-state index is 10.4. The van der Waals surface area contributed by atoms with Crippen LogP contribution in [0, 0.1) is 0 Å². The van der Waals surface area contributed by atoms with Crippen LogP contribution in [0.1, 0.15) is 37.4 Å². The molecule has 0 bridgehead atoms. The number of likely N-dealkylation sites (N-methyl/N-ethyl adjacent to an activating group) is 1. The van der Waals surface area contributed by atoms with Crippen molar-refractivity contribution >= 4 is 0 Å². The first-order valence-electron chi connectivity index (χ1n) is 9.07. The molecule has 128 valence electrons. The quantitative estimate of drug-likeness (QED) is 0.889. The summed E-state index contributed by atoms with van der Waals surface area (Å²) in [6, 6.07) is 10.1. The van der Waals surface area contributed by atoms with Gasteiger partial charge in [0.05, 0.1) is 6.10 Å². The van der Waals surface area contributed by atoms with E-state index in [1.807, 2.05) is 30.3 Å². The van der Waals surface area contributed by atoms with Crippen molar-refractivity contribution in [2.24, 2.45) is 0 Å². The first-order valence-corrected chi connectivity index (χ1v) is 9.07. The molecule has 2 heterocycles. The zero-order chi connectivity index (χ0) is 16.1. The minimum atomic E-state index is -0.346. The number of hydrogen-bond donors (Lipinski definition) is 2. The second-order valence-electron chi connectivity index (χ2n) is 7.24. The third-order valence-electron chi connectivity index (χ3n) is 5.73. The van der Waals surface area contributed by atoms with Crippen LogP contribution in [0.15, 0.2) is 30.3 Å². The molecule has 1 atom stereocenters. The van der Waals surface area contributed by atoms with Gasteiger partial charge in [0, 0.05) is 18.6 Å². The largest absolute Gasteiger partial charge is 0.388 e. The molecule has 0 amide bonds. The van der Waals surface area contributed by atoms with Gasteiger partial charge in [-0.05, 0) is 64.5 Å². The van der Waals surface area contributed by atoms with Crippen LogP contribution in [0.3, 0.4) is 0 Å². The molecule has 1 aromatic carbocycles. The summed E-state index contributed by atoms with van der Waals surface area (Å²) in [6.07, 6.45) is 4.18. The number of aliphatic hydroxyl groups excluding tert-OH is 1. The van der Waals surface area contributed by atoms with E-state index in [2.05, 4.69) is 22.2 Å². The fourth-order valence-corrected chi connectivity index (χ4v) is 4.15. The van der Waals surface area contributed by atoms with Gasteiger partial charge in [0.25, 0.3) is 0 Å². The Morgan fingerprint density at radius 2 is 1.91 bits per heavy atom. The predicted molar refractivity (Wildman–Crippen MR) is 94.5 cm³/mol. The predicted octanol–water partition coefficient (Wildman–Crippen LogP) is 1.87. The van der Waals surface area contributed by atoms with Gasteiger partial charge in [-0.2, -0.15) is 0 Å². The number of piperidine rings is 1. The normalized spacial score (nSPS) is 24.4. The number of aliphatic hydroxyl groups is 1. The average molecular weight is 317 g/mol. The smallest absolute Gasteiger partial charge is 0.0802 e. The zero-order valence-electron chi connectivity index (χ0n) is 14.4. The van der Waals surface area contributed by atoms with Gasteiger partial charge in [-0.3, -0.25) is 4.90 Å². The topological polar surface area (TPSA) is 38.7 Å². The van der Waals surface area contributed by atoms with E-state index in [9.17, 15) is 5.11 Å². The Bertz CT molecular complexity index is 473. The molecule has 3 rings (SSSR count). The number of hydrogen-bond acceptors (Lipinski definition) is 4. The molecule has 0 unspecified atom stereocenters. The molecule has 2 fully saturated rings. The molecule has 0 aromatic heterocycles. The van der Waals surface area contributed by atoms with Gasteiger partial charge in [-0.15, -0.1) is 0 Å². The van der Waals surface area contributed by atoms with Gasteiger partial charge in [0.1, 0.15) is 0 Å². The van der Waals surface area contributed by atoms with Crippen molar-refractivity contribution < 1.29 is 5.11 Å². The minimum absolute atomic E-state index is 0.333. The van der Waals surface area contributed by atoms with Gasteiger partial charge in [-0.1, -0.05) is 30.3 Å². The molecule has 23 heavy (non-hydrogen) atoms. The van der Waals surface area contributed by atoms with Crippen LogP contribution in [0.2, 0.25) is 0 Å². The van der Waals surface area contributed by atoms with E-state index >= 15 is 0 Å². The number of nitrogens with one attached hydrogen (secondary N) is 1. The molecule has 4 nitrogen and oxygen atoms in total. The summed E-state index contributed by atoms with van der Waals surface area (Å²) in [4.78, 5) is 5.18. The average Bonchev–Trinajstić information content (AvgIpc) is 2.74. The molecule has 4 heteroatoms. The number of benzene rings is 1. The Labute approximate surface area is 140 Å². The lowest BCUT2D eigenvalue weighted by atomic mass is 9.86. The molecule has 2 saturated heterocycles. The highest BCUT2D eigenvalue weighted by molar-refractivity contribution is 5.17. The fourth-order valence-electron chi connectivity index (χ4n) is 4.15. The molecule has 2 aliphatic heterocycles. The van der Waals surface area contributed by atoms with E-state index in [4.69, 9.17) is 0 Å². The highest BCUT2D eigenvalue weighted by Gasteiger charge is 2.38. The molecular weight excluding hydrogens is 286 g/mol. The molecule has 1 aromatic rings. The Morgan fingerprint density at radius 3 is 2.65 bits per heavy atom. The molecule has 1 spiro atoms. The summed E-state index contributed by atoms with van der Waals surface area (Å²) in [5, 5.41) is 13.9. The van der Waals surface area contributed by atoms with Crippen molar-refractivity contribution in [3.05, 3.63) is 35.9 Å². The van der Waals surface area contributed by atoms with Crippen LogP contribution in [0.4, 0.5) is 0 Å². The van der Waals surface area contributed by atoms with Crippen molar-refractivity contribution in [1.82, 2.24) is 15.1 Å². The van der Waals surface area contributed by atoms with Crippen LogP contribution >= 0.6 is 0 Å². The third-order valence-corrected chi connectivity index (χ3v) is 5.73. The van der Waals surface area contributed by atoms with Crippen LogP contribution in [0.25, 0.3) is 0 Å². The Kier molecular flexibility index (Phi) is 5.70. The highest BCUT2D eigenvalue weighted by Crippen LogP contribution is 2.29. The van der Waals surface area contributed by atoms with Crippen LogP contribution in [-0.4, -0.2) is 66.8 Å². The molecule has 2 N–H and O–H groups in total. The van der Waals surface area contributed by atoms with Crippen molar-refractivity contribution in [3.63, 3.8) is 0 Å². The summed E-state index contributed by atoms with van der Waals surface area (Å²) in [7, 11) is 2.30. The van der Waals surface area contributed by atoms with E-state index in [0.29, 0.717) is 5.54 Å². The molecular formula is C19H31N3O. The van der Waals surface area contributed by atoms with Gasteiger partial charge >= 0.3 is 0 Å². The lowest BCUT2D eigenvalue weighted by Crippen LogP contribution is -2.57. The standard InChI is InChI=1S/C19H31N3O/c1-21-13-5-14-22(16-19(21)9-11-20-12-10-19)15-8-18(23)17-6-3-2-4-7-17/h2-4,6-7,18,20,23H,5,8-16H2,1H3/t18-/m0/s1. The zero-order valence-corrected chi connectivity index (χ0v) is 14.4. The molecule has 0 aliphatic carbocycles. The second kappa shape index (κ2) is 7.75. The van der Waals surface area contributed by atoms with E-state index < -0.39 is 0 Å². The maximum Gasteiger partial charge on any atom is 0.0802 e. The monoisotopic (exact) mass is 317 g/mol. The molecule has 0 radical (unpaired) electrons. The van der Waals surface area contributed by atoms with Gasteiger partial charge in [0.15, 0.2) is 0 Å². The summed E-state index contributed by atoms with van der Waals surface area (Å²) >= 11 is 0. The van der Waals surface area contributed by atoms with E-state index in [0.717, 1.165) is 44.7 Å². The Hall–Kier alpha value is -0.940. The molecule has 2 aliphatic rings. The van der Waals surface area contributed by atoms with Gasteiger partial charge < -0.3 is 15.3 Å². The van der Waals surface area contributed by atoms with Gasteiger partial charge in [-0.25, -0.2) is 0 Å². The van der Waals surface area contributed by atoms with Crippen LogP contribution in [0.5, 0.6) is 0 Å². The lowest BCUT2D eigenvalue weighted by Gasteiger charge is -2.45. The first kappa shape index (κ1) is 16.9. The summed E-state index contributed by atoms with van der Waals surface area (Å²) in [6.45, 7) is 6.74. The molecule has 0 saturated carbocycles. The minimum Gasteiger partial charge on any atom is -0.388 e. The Balaban J connectivity index is 1.59. The van der Waals surface area contributed by atoms with E-state index in [-0.39, 0.29) is 6.10 Å². The first-order chi connectivity index (χ1) is 11.2. The third kappa shape index (κ3) is 4.13.